The number of nitrogens with one attached hydrogen (secondary N) is 2. The van der Waals surface area contributed by atoms with Gasteiger partial charge in [-0.2, -0.15) is 0 Å². The molecule has 2 atom stereocenters. The Morgan fingerprint density at radius 3 is 0.850 bits per heavy atom. The van der Waals surface area contributed by atoms with E-state index in [4.69, 9.17) is 0 Å². The van der Waals surface area contributed by atoms with Gasteiger partial charge in [-0.15, -0.1) is 0 Å². The van der Waals surface area contributed by atoms with Gasteiger partial charge in [-0.1, -0.05) is 158 Å². The monoisotopic (exact) mass is 911 g/mol. The molecule has 8 aromatic rings. The molecule has 7 heteroatoms. The van der Waals surface area contributed by atoms with Gasteiger partial charge in [-0.3, -0.25) is 9.59 Å². The van der Waals surface area contributed by atoms with Crippen LogP contribution < -0.4 is 42.5 Å². The molecular weight excluding hydrogens is 865 g/mol. The zero-order valence-corrected chi connectivity index (χ0v) is 36.8. The Balaban J connectivity index is 0.00000302. The fourth-order valence-corrected chi connectivity index (χ4v) is 13.1. The van der Waals surface area contributed by atoms with E-state index in [2.05, 4.69) is 120 Å². The van der Waals surface area contributed by atoms with E-state index in [1.54, 1.807) is 0 Å². The van der Waals surface area contributed by atoms with Gasteiger partial charge >= 0.3 is 0 Å². The van der Waals surface area contributed by atoms with Crippen LogP contribution in [0.4, 0.5) is 0 Å². The zero-order chi connectivity index (χ0) is 39.5. The molecule has 0 heterocycles. The Morgan fingerprint density at radius 1 is 0.333 bits per heavy atom. The molecule has 0 unspecified atom stereocenters. The van der Waals surface area contributed by atoms with Crippen LogP contribution >= 0.6 is 15.8 Å². The molecule has 0 spiro atoms. The molecule has 8 rings (SSSR count). The minimum absolute atomic E-state index is 0. The maximum atomic E-state index is 15.0. The summed E-state index contributed by atoms with van der Waals surface area (Å²) in [5.74, 6) is -0.402. The predicted molar refractivity (Wildman–Crippen MR) is 253 cm³/mol. The van der Waals surface area contributed by atoms with Crippen LogP contribution in [-0.4, -0.2) is 11.8 Å². The van der Waals surface area contributed by atoms with Gasteiger partial charge in [-0.05, 0) is 83.9 Å². The van der Waals surface area contributed by atoms with Gasteiger partial charge in [0, 0.05) is 20.4 Å². The first kappa shape index (κ1) is 43.8. The van der Waals surface area contributed by atoms with Crippen LogP contribution in [0.25, 0.3) is 0 Å². The van der Waals surface area contributed by atoms with E-state index in [-0.39, 0.29) is 39.7 Å². The topological polar surface area (TPSA) is 58.2 Å². The summed E-state index contributed by atoms with van der Waals surface area (Å²) in [6.45, 7) is 0. The van der Waals surface area contributed by atoms with Crippen LogP contribution in [0, 0.1) is 7.43 Å². The smallest absolute Gasteiger partial charge is 0.255 e. The molecule has 0 aromatic heterocycles. The second-order valence-corrected chi connectivity index (χ2v) is 18.9. The maximum absolute atomic E-state index is 15.0. The van der Waals surface area contributed by atoms with Crippen molar-refractivity contribution < 1.29 is 30.0 Å². The number of carbonyl (C=O) groups excluding carboxylic acids is 2. The van der Waals surface area contributed by atoms with Crippen LogP contribution in [0.2, 0.25) is 0 Å². The van der Waals surface area contributed by atoms with E-state index in [0.29, 0.717) is 11.1 Å². The molecule has 0 aliphatic heterocycles. The number of hydrogen-bond acceptors (Lipinski definition) is 2. The summed E-state index contributed by atoms with van der Waals surface area (Å²) >= 11 is 0. The summed E-state index contributed by atoms with van der Waals surface area (Å²) in [6, 6.07) is 76.4. The Bertz CT molecular complexity index is 2300. The van der Waals surface area contributed by atoms with Gasteiger partial charge in [0.2, 0.25) is 0 Å². The van der Waals surface area contributed by atoms with Crippen LogP contribution in [0.3, 0.4) is 0 Å². The van der Waals surface area contributed by atoms with Crippen molar-refractivity contribution in [3.63, 3.8) is 0 Å². The third-order valence-corrected chi connectivity index (χ3v) is 15.9. The normalized spacial score (nSPS) is 11.7. The summed E-state index contributed by atoms with van der Waals surface area (Å²) in [5.41, 5.74) is 2.99. The summed E-state index contributed by atoms with van der Waals surface area (Å²) in [6.07, 6.45) is 0. The standard InChI is InChI=1S/C52H42N2O2P2.CH3.Pd/c55-51(45-35-19-21-37-47(45)57(41-27-11-3-12-28-41)42-29-13-4-14-30-42)53-49(39-23-7-1-8-24-39)50(40-25-9-2-10-26-40)54-52(56)46-36-20-22-38-48(46)58(43-31-15-5-16-32-43)44-33-17-6-18-34-44;;/h1-38,49-50H,(H,53,55)(H,54,56);1H3;/q;-1;/p+2/t49-,50-;;/m0../s1. The third kappa shape index (κ3) is 10.1. The summed E-state index contributed by atoms with van der Waals surface area (Å²) in [5, 5.41) is 13.7. The Morgan fingerprint density at radius 2 is 0.567 bits per heavy atom. The molecule has 0 aliphatic carbocycles. The first-order valence-corrected chi connectivity index (χ1v) is 22.5. The van der Waals surface area contributed by atoms with E-state index < -0.39 is 27.9 Å². The number of amides is 2. The molecule has 0 aliphatic rings. The van der Waals surface area contributed by atoms with Gasteiger partial charge in [0.15, 0.2) is 0 Å². The van der Waals surface area contributed by atoms with Crippen molar-refractivity contribution in [3.05, 3.63) is 260 Å². The van der Waals surface area contributed by atoms with Crippen molar-refractivity contribution in [1.82, 2.24) is 10.6 Å². The first-order chi connectivity index (χ1) is 28.7. The molecule has 8 aromatic carbocycles. The van der Waals surface area contributed by atoms with Crippen LogP contribution in [0.15, 0.2) is 231 Å². The summed E-state index contributed by atoms with van der Waals surface area (Å²) in [4.78, 5) is 29.9. The quantitative estimate of drug-likeness (QED) is 0.0692. The summed E-state index contributed by atoms with van der Waals surface area (Å²) < 4.78 is 0. The number of carbonyl (C=O) groups is 2. The van der Waals surface area contributed by atoms with Crippen molar-refractivity contribution >= 4 is 59.5 Å². The van der Waals surface area contributed by atoms with Crippen LogP contribution in [0.5, 0.6) is 0 Å². The number of benzene rings is 8. The van der Waals surface area contributed by atoms with Crippen molar-refractivity contribution in [2.45, 2.75) is 12.1 Å². The second-order valence-electron chi connectivity index (χ2n) is 14.0. The van der Waals surface area contributed by atoms with Gasteiger partial charge in [-0.25, -0.2) is 0 Å². The molecule has 0 bridgehead atoms. The molecule has 0 fully saturated rings. The third-order valence-electron chi connectivity index (χ3n) is 10.4. The number of rotatable bonds is 13. The molecule has 4 nitrogen and oxygen atoms in total. The van der Waals surface area contributed by atoms with Gasteiger partial charge in [0.05, 0.1) is 39.1 Å². The SMILES string of the molecule is O=C(N[C@@H](c1ccccc1)[C@@H](NC(=O)c1ccccc1[PH+](c1ccccc1)c1ccccc1)c1ccccc1)c1ccccc1[PH+](c1ccccc1)c1ccccc1.[CH3-].[Pd]. The van der Waals surface area contributed by atoms with Crippen molar-refractivity contribution in [3.8, 4) is 0 Å². The maximum Gasteiger partial charge on any atom is 0.255 e. The molecule has 300 valence electrons. The molecule has 2 amide bonds. The average Bonchev–Trinajstić information content (AvgIpc) is 3.30. The van der Waals surface area contributed by atoms with Gasteiger partial charge in [0.1, 0.15) is 31.8 Å². The Hall–Kier alpha value is -5.78. The minimum Gasteiger partial charge on any atom is -0.358 e. The van der Waals surface area contributed by atoms with E-state index in [9.17, 15) is 9.59 Å². The van der Waals surface area contributed by atoms with E-state index in [1.807, 2.05) is 121 Å². The second kappa shape index (κ2) is 21.5. The van der Waals surface area contributed by atoms with Gasteiger partial charge in [0.25, 0.3) is 11.8 Å². The molecule has 2 N–H and O–H groups in total. The fourth-order valence-electron chi connectivity index (χ4n) is 7.65. The van der Waals surface area contributed by atoms with Crippen LogP contribution in [-0.2, 0) is 20.4 Å². The van der Waals surface area contributed by atoms with Gasteiger partial charge < -0.3 is 18.1 Å². The number of hydrogen-bond donors (Lipinski definition) is 2. The first-order valence-electron chi connectivity index (χ1n) is 19.5. The van der Waals surface area contributed by atoms with E-state index in [0.717, 1.165) is 21.7 Å². The molecule has 0 radical (unpaired) electrons. The van der Waals surface area contributed by atoms with E-state index in [1.165, 1.54) is 21.2 Å². The summed E-state index contributed by atoms with van der Waals surface area (Å²) in [7, 11) is -3.13. The molecular formula is C53H47N2O2P2Pd+. The van der Waals surface area contributed by atoms with E-state index >= 15 is 0 Å². The fraction of sp³-hybridized carbons (Fsp3) is 0.0377. The zero-order valence-electron chi connectivity index (χ0n) is 33.2. The van der Waals surface area contributed by atoms with Crippen molar-refractivity contribution in [2.24, 2.45) is 0 Å². The Kier molecular flexibility index (Phi) is 15.7. The average molecular weight is 912 g/mol. The molecule has 0 saturated carbocycles. The minimum atomic E-state index is -1.56. The predicted octanol–water partition coefficient (Wildman–Crippen LogP) is 8.76. The van der Waals surface area contributed by atoms with Crippen LogP contribution in [0.1, 0.15) is 43.9 Å². The van der Waals surface area contributed by atoms with Crippen molar-refractivity contribution in [1.29, 1.82) is 0 Å². The molecule has 0 saturated heterocycles. The largest absolute Gasteiger partial charge is 0.358 e. The van der Waals surface area contributed by atoms with Crippen molar-refractivity contribution in [2.75, 3.05) is 0 Å². The molecule has 60 heavy (non-hydrogen) atoms. The Labute approximate surface area is 370 Å².